The summed E-state index contributed by atoms with van der Waals surface area (Å²) in [7, 11) is 0. The number of aromatic nitrogens is 2. The lowest BCUT2D eigenvalue weighted by atomic mass is 9.78. The van der Waals surface area contributed by atoms with Crippen LogP contribution in [0.2, 0.25) is 0 Å². The molecule has 6 rings (SSSR count). The third kappa shape index (κ3) is 4.33. The minimum absolute atomic E-state index is 0.196. The first kappa shape index (κ1) is 22.7. The Morgan fingerprint density at radius 1 is 1.00 bits per heavy atom. The minimum Gasteiger partial charge on any atom is -0.481 e. The van der Waals surface area contributed by atoms with Gasteiger partial charge in [0.25, 0.3) is 5.89 Å². The number of hydrogen-bond donors (Lipinski definition) is 2. The molecule has 1 atom stereocenters. The van der Waals surface area contributed by atoms with Crippen molar-refractivity contribution in [3.8, 4) is 34.0 Å². The fraction of sp³-hybridized carbons (Fsp3) is 0.300. The summed E-state index contributed by atoms with van der Waals surface area (Å²) < 4.78 is 5.65. The number of rotatable bonds is 6. The fourth-order valence-corrected chi connectivity index (χ4v) is 5.56. The topological polar surface area (TPSA) is 88.2 Å². The van der Waals surface area contributed by atoms with Crippen LogP contribution in [0.5, 0.6) is 0 Å². The lowest BCUT2D eigenvalue weighted by Gasteiger charge is -2.38. The summed E-state index contributed by atoms with van der Waals surface area (Å²) in [4.78, 5) is 15.8. The van der Waals surface area contributed by atoms with Gasteiger partial charge in [-0.3, -0.25) is 4.79 Å². The van der Waals surface area contributed by atoms with Crippen molar-refractivity contribution in [2.75, 3.05) is 0 Å². The number of fused-ring (bicyclic) bond motifs is 1. The van der Waals surface area contributed by atoms with Gasteiger partial charge in [-0.15, -0.1) is 0 Å². The Bertz CT molecular complexity index is 1410. The molecule has 1 unspecified atom stereocenters. The molecule has 2 N–H and O–H groups in total. The molecular formula is C30H29N3O3. The van der Waals surface area contributed by atoms with Crippen molar-refractivity contribution in [1.29, 1.82) is 0 Å². The second-order valence-electron chi connectivity index (χ2n) is 10.0. The summed E-state index contributed by atoms with van der Waals surface area (Å²) in [6.45, 7) is 2.10. The summed E-state index contributed by atoms with van der Waals surface area (Å²) in [5, 5.41) is 17.1. The number of carbonyl (C=O) groups is 1. The van der Waals surface area contributed by atoms with Crippen LogP contribution >= 0.6 is 0 Å². The maximum absolute atomic E-state index is 11.1. The van der Waals surface area contributed by atoms with Gasteiger partial charge in [0.05, 0.1) is 5.92 Å². The number of carboxylic acids is 1. The second-order valence-corrected chi connectivity index (χ2v) is 10.0. The normalized spacial score (nSPS) is 21.0. The van der Waals surface area contributed by atoms with Crippen molar-refractivity contribution in [3.63, 3.8) is 0 Å². The number of aliphatic carboxylic acids is 1. The molecule has 1 aromatic heterocycles. The van der Waals surface area contributed by atoms with Gasteiger partial charge in [0.2, 0.25) is 5.82 Å². The van der Waals surface area contributed by atoms with Crippen LogP contribution in [0.4, 0.5) is 0 Å². The molecule has 2 aliphatic rings. The number of nitrogens with zero attached hydrogens (tertiary/aromatic N) is 2. The standard InChI is InChI=1S/C30H29N3O3/c1-18-14-22(11-12-25(18)19-6-3-2-4-7-19)29-32-28(33-36-29)21-10-13-26-20(15-21)8-5-9-27(26)31-24-16-23(17-24)30(34)35/h2-4,6-7,10-15,23-24,27,31H,5,8-9,16-17H2,1H3,(H,34,35)/t23-,24-,27?. The van der Waals surface area contributed by atoms with E-state index in [4.69, 9.17) is 14.6 Å². The average Bonchev–Trinajstić information content (AvgIpc) is 3.36. The van der Waals surface area contributed by atoms with Gasteiger partial charge >= 0.3 is 5.97 Å². The maximum atomic E-state index is 11.1. The van der Waals surface area contributed by atoms with E-state index in [-0.39, 0.29) is 12.0 Å². The zero-order chi connectivity index (χ0) is 24.6. The molecule has 0 bridgehead atoms. The second kappa shape index (κ2) is 9.36. The summed E-state index contributed by atoms with van der Waals surface area (Å²) >= 11 is 0. The van der Waals surface area contributed by atoms with E-state index in [1.807, 2.05) is 24.3 Å². The van der Waals surface area contributed by atoms with Crippen LogP contribution in [0.15, 0.2) is 71.3 Å². The van der Waals surface area contributed by atoms with E-state index in [0.717, 1.165) is 48.8 Å². The van der Waals surface area contributed by atoms with Crippen molar-refractivity contribution in [2.24, 2.45) is 5.92 Å². The van der Waals surface area contributed by atoms with E-state index in [9.17, 15) is 4.79 Å². The highest BCUT2D eigenvalue weighted by Crippen LogP contribution is 2.36. The Balaban J connectivity index is 1.20. The molecule has 6 nitrogen and oxygen atoms in total. The van der Waals surface area contributed by atoms with Gasteiger partial charge < -0.3 is 14.9 Å². The lowest BCUT2D eigenvalue weighted by molar-refractivity contribution is -0.145. The molecule has 2 aliphatic carbocycles. The molecule has 0 radical (unpaired) electrons. The van der Waals surface area contributed by atoms with E-state index in [2.05, 4.69) is 59.9 Å². The fourth-order valence-electron chi connectivity index (χ4n) is 5.56. The Morgan fingerprint density at radius 3 is 2.58 bits per heavy atom. The molecule has 1 fully saturated rings. The first-order valence-electron chi connectivity index (χ1n) is 12.7. The number of nitrogens with one attached hydrogen (secondary N) is 1. The lowest BCUT2D eigenvalue weighted by Crippen LogP contribution is -2.46. The Labute approximate surface area is 210 Å². The SMILES string of the molecule is Cc1cc(-c2nc(-c3ccc4c(c3)CCCC4N[C@H]3C[C@H](C(=O)O)C3)no2)ccc1-c1ccccc1. The first-order valence-corrected chi connectivity index (χ1v) is 12.7. The predicted octanol–water partition coefficient (Wildman–Crippen LogP) is 6.21. The van der Waals surface area contributed by atoms with E-state index in [0.29, 0.717) is 17.8 Å². The maximum Gasteiger partial charge on any atom is 0.306 e. The zero-order valence-corrected chi connectivity index (χ0v) is 20.3. The van der Waals surface area contributed by atoms with E-state index >= 15 is 0 Å². The van der Waals surface area contributed by atoms with Crippen LogP contribution in [-0.2, 0) is 11.2 Å². The van der Waals surface area contributed by atoms with Crippen molar-refractivity contribution in [3.05, 3.63) is 83.4 Å². The van der Waals surface area contributed by atoms with Crippen LogP contribution in [0.1, 0.15) is 48.4 Å². The van der Waals surface area contributed by atoms with Crippen LogP contribution in [0, 0.1) is 12.8 Å². The van der Waals surface area contributed by atoms with Crippen LogP contribution in [-0.4, -0.2) is 27.3 Å². The third-order valence-electron chi connectivity index (χ3n) is 7.62. The summed E-state index contributed by atoms with van der Waals surface area (Å²) in [6, 6.07) is 23.6. The summed E-state index contributed by atoms with van der Waals surface area (Å²) in [5.74, 6) is 0.237. The van der Waals surface area contributed by atoms with Gasteiger partial charge in [-0.25, -0.2) is 0 Å². The molecule has 1 heterocycles. The number of hydrogen-bond acceptors (Lipinski definition) is 5. The predicted molar refractivity (Wildman–Crippen MR) is 138 cm³/mol. The van der Waals surface area contributed by atoms with Gasteiger partial charge in [0.15, 0.2) is 0 Å². The van der Waals surface area contributed by atoms with E-state index in [1.165, 1.54) is 22.3 Å². The monoisotopic (exact) mass is 479 g/mol. The van der Waals surface area contributed by atoms with Gasteiger partial charge in [0.1, 0.15) is 0 Å². The molecule has 1 saturated carbocycles. The molecule has 6 heteroatoms. The Kier molecular flexibility index (Phi) is 5.89. The van der Waals surface area contributed by atoms with Crippen LogP contribution in [0.25, 0.3) is 34.0 Å². The highest BCUT2D eigenvalue weighted by Gasteiger charge is 2.36. The highest BCUT2D eigenvalue weighted by atomic mass is 16.5. The van der Waals surface area contributed by atoms with Crippen LogP contribution in [0.3, 0.4) is 0 Å². The molecule has 36 heavy (non-hydrogen) atoms. The molecular weight excluding hydrogens is 450 g/mol. The van der Waals surface area contributed by atoms with Crippen molar-refractivity contribution < 1.29 is 14.4 Å². The van der Waals surface area contributed by atoms with Crippen molar-refractivity contribution >= 4 is 5.97 Å². The molecule has 0 aliphatic heterocycles. The Morgan fingerprint density at radius 2 is 1.81 bits per heavy atom. The van der Waals surface area contributed by atoms with Crippen molar-refractivity contribution in [1.82, 2.24) is 15.5 Å². The quantitative estimate of drug-likeness (QED) is 0.342. The first-order chi connectivity index (χ1) is 17.5. The highest BCUT2D eigenvalue weighted by molar-refractivity contribution is 5.72. The molecule has 0 amide bonds. The van der Waals surface area contributed by atoms with Crippen molar-refractivity contribution in [2.45, 2.75) is 51.1 Å². The zero-order valence-electron chi connectivity index (χ0n) is 20.3. The van der Waals surface area contributed by atoms with E-state index < -0.39 is 5.97 Å². The minimum atomic E-state index is -0.677. The Hall–Kier alpha value is -3.77. The van der Waals surface area contributed by atoms with Gasteiger partial charge in [-0.05, 0) is 85.0 Å². The largest absolute Gasteiger partial charge is 0.481 e. The molecule has 182 valence electrons. The third-order valence-corrected chi connectivity index (χ3v) is 7.62. The smallest absolute Gasteiger partial charge is 0.306 e. The molecule has 3 aromatic carbocycles. The molecule has 0 saturated heterocycles. The van der Waals surface area contributed by atoms with Crippen LogP contribution < -0.4 is 5.32 Å². The summed E-state index contributed by atoms with van der Waals surface area (Å²) in [6.07, 6.45) is 4.64. The van der Waals surface area contributed by atoms with Gasteiger partial charge in [-0.2, -0.15) is 4.98 Å². The average molecular weight is 480 g/mol. The molecule has 4 aromatic rings. The van der Waals surface area contributed by atoms with Gasteiger partial charge in [0, 0.05) is 23.2 Å². The summed E-state index contributed by atoms with van der Waals surface area (Å²) in [5.41, 5.74) is 8.02. The van der Waals surface area contributed by atoms with Gasteiger partial charge in [-0.1, -0.05) is 53.7 Å². The number of aryl methyl sites for hydroxylation is 2. The number of benzene rings is 3. The van der Waals surface area contributed by atoms with E-state index in [1.54, 1.807) is 0 Å². The molecule has 0 spiro atoms. The number of carboxylic acid groups (broad SMARTS) is 1.